The van der Waals surface area contributed by atoms with Gasteiger partial charge in [0.15, 0.2) is 0 Å². The van der Waals surface area contributed by atoms with Gasteiger partial charge in [-0.3, -0.25) is 0 Å². The van der Waals surface area contributed by atoms with Crippen molar-refractivity contribution in [3.05, 3.63) is 71.7 Å². The predicted molar refractivity (Wildman–Crippen MR) is 91.1 cm³/mol. The molecule has 0 radical (unpaired) electrons. The lowest BCUT2D eigenvalue weighted by atomic mass is 10.0. The number of nitrogens with zero attached hydrogens (tertiary/aromatic N) is 1. The zero-order chi connectivity index (χ0) is 16.4. The molecule has 3 rings (SSSR count). The van der Waals surface area contributed by atoms with E-state index >= 15 is 0 Å². The summed E-state index contributed by atoms with van der Waals surface area (Å²) in [4.78, 5) is 0. The quantitative estimate of drug-likeness (QED) is 0.759. The third-order valence-corrected chi connectivity index (χ3v) is 4.21. The number of halogens is 1. The zero-order valence-electron chi connectivity index (χ0n) is 13.3. The van der Waals surface area contributed by atoms with Crippen molar-refractivity contribution in [3.63, 3.8) is 0 Å². The molecule has 3 aromatic rings. The number of aromatic nitrogens is 1. The van der Waals surface area contributed by atoms with E-state index < -0.39 is 6.10 Å². The van der Waals surface area contributed by atoms with Gasteiger partial charge in [0.05, 0.1) is 12.1 Å². The van der Waals surface area contributed by atoms with E-state index in [1.54, 1.807) is 12.1 Å². The van der Waals surface area contributed by atoms with Crippen molar-refractivity contribution in [1.82, 2.24) is 9.88 Å². The molecule has 2 N–H and O–H groups in total. The fourth-order valence-electron chi connectivity index (χ4n) is 3.17. The summed E-state index contributed by atoms with van der Waals surface area (Å²) in [5, 5.41) is 14.6. The summed E-state index contributed by atoms with van der Waals surface area (Å²) >= 11 is 0. The highest BCUT2D eigenvalue weighted by atomic mass is 19.1. The van der Waals surface area contributed by atoms with Crippen LogP contribution in [0.2, 0.25) is 0 Å². The van der Waals surface area contributed by atoms with Gasteiger partial charge in [-0.05, 0) is 43.3 Å². The van der Waals surface area contributed by atoms with Crippen LogP contribution in [0.25, 0.3) is 10.9 Å². The second-order valence-electron chi connectivity index (χ2n) is 5.86. The van der Waals surface area contributed by atoms with E-state index in [0.29, 0.717) is 6.54 Å². The number of hydrogen-bond acceptors (Lipinski definition) is 2. The first kappa shape index (κ1) is 15.7. The molecule has 0 saturated carbocycles. The minimum Gasteiger partial charge on any atom is -0.389 e. The molecule has 0 aliphatic carbocycles. The highest BCUT2D eigenvalue weighted by molar-refractivity contribution is 5.84. The first-order valence-corrected chi connectivity index (χ1v) is 7.76. The van der Waals surface area contributed by atoms with Crippen LogP contribution < -0.4 is 5.32 Å². The van der Waals surface area contributed by atoms with Gasteiger partial charge in [-0.25, -0.2) is 4.39 Å². The molecule has 120 valence electrons. The molecule has 0 fully saturated rings. The molecule has 1 aromatic heterocycles. The van der Waals surface area contributed by atoms with Gasteiger partial charge in [-0.15, -0.1) is 0 Å². The van der Waals surface area contributed by atoms with E-state index in [4.69, 9.17) is 0 Å². The molecule has 0 amide bonds. The molecule has 2 unspecified atom stereocenters. The van der Waals surface area contributed by atoms with Crippen LogP contribution in [-0.2, 0) is 0 Å². The van der Waals surface area contributed by atoms with E-state index in [1.165, 1.54) is 6.07 Å². The number of likely N-dealkylation sites (N-methyl/N-ethyl adjacent to an activating group) is 1. The first-order valence-electron chi connectivity index (χ1n) is 7.76. The Labute approximate surface area is 135 Å². The monoisotopic (exact) mass is 312 g/mol. The van der Waals surface area contributed by atoms with Crippen molar-refractivity contribution < 1.29 is 9.50 Å². The fourth-order valence-corrected chi connectivity index (χ4v) is 3.17. The van der Waals surface area contributed by atoms with Gasteiger partial charge < -0.3 is 15.0 Å². The lowest BCUT2D eigenvalue weighted by molar-refractivity contribution is 0.132. The van der Waals surface area contributed by atoms with Crippen LogP contribution in [0.4, 0.5) is 4.39 Å². The van der Waals surface area contributed by atoms with Crippen LogP contribution in [-0.4, -0.2) is 29.4 Å². The van der Waals surface area contributed by atoms with E-state index in [2.05, 4.69) is 5.32 Å². The van der Waals surface area contributed by atoms with Crippen molar-refractivity contribution in [2.75, 3.05) is 13.6 Å². The van der Waals surface area contributed by atoms with Gasteiger partial charge in [0.25, 0.3) is 0 Å². The maximum atomic E-state index is 13.6. The van der Waals surface area contributed by atoms with E-state index in [1.807, 2.05) is 55.1 Å². The van der Waals surface area contributed by atoms with Crippen LogP contribution in [0.1, 0.15) is 17.2 Å². The molecule has 2 atom stereocenters. The fraction of sp³-hybridized carbons (Fsp3) is 0.263. The Morgan fingerprint density at radius 1 is 1.17 bits per heavy atom. The van der Waals surface area contributed by atoms with Crippen LogP contribution in [0.3, 0.4) is 0 Å². The number of fused-ring (bicyclic) bond motifs is 1. The summed E-state index contributed by atoms with van der Waals surface area (Å²) in [5.41, 5.74) is 2.95. The normalized spacial score (nSPS) is 14.1. The van der Waals surface area contributed by atoms with Crippen molar-refractivity contribution in [2.45, 2.75) is 19.1 Å². The molecule has 1 heterocycles. The minimum absolute atomic E-state index is 0.231. The zero-order valence-corrected chi connectivity index (χ0v) is 13.3. The summed E-state index contributed by atoms with van der Waals surface area (Å²) in [6.45, 7) is 2.43. The smallest absolute Gasteiger partial charge is 0.123 e. The number of benzene rings is 2. The number of rotatable bonds is 5. The molecule has 23 heavy (non-hydrogen) atoms. The molecule has 2 aromatic carbocycles. The molecule has 0 bridgehead atoms. The Morgan fingerprint density at radius 2 is 1.91 bits per heavy atom. The van der Waals surface area contributed by atoms with Crippen LogP contribution in [0, 0.1) is 12.7 Å². The number of aliphatic hydroxyl groups excluding tert-OH is 1. The Hall–Kier alpha value is -2.17. The molecule has 3 nitrogen and oxygen atoms in total. The largest absolute Gasteiger partial charge is 0.389 e. The highest BCUT2D eigenvalue weighted by Crippen LogP contribution is 2.30. The predicted octanol–water partition coefficient (Wildman–Crippen LogP) is 3.26. The van der Waals surface area contributed by atoms with Crippen molar-refractivity contribution in [2.24, 2.45) is 0 Å². The number of aryl methyl sites for hydroxylation is 1. The average Bonchev–Trinajstić information content (AvgIpc) is 2.85. The molecule has 0 spiro atoms. The number of nitrogens with one attached hydrogen (secondary N) is 1. The lowest BCUT2D eigenvalue weighted by Crippen LogP contribution is -2.33. The van der Waals surface area contributed by atoms with E-state index in [-0.39, 0.29) is 11.9 Å². The summed E-state index contributed by atoms with van der Waals surface area (Å²) in [6, 6.07) is 14.5. The Kier molecular flexibility index (Phi) is 4.46. The van der Waals surface area contributed by atoms with E-state index in [9.17, 15) is 9.50 Å². The Balaban J connectivity index is 2.17. The number of hydrogen-bond donors (Lipinski definition) is 2. The minimum atomic E-state index is -0.595. The van der Waals surface area contributed by atoms with Crippen molar-refractivity contribution >= 4 is 10.9 Å². The average molecular weight is 312 g/mol. The molecular weight excluding hydrogens is 291 g/mol. The van der Waals surface area contributed by atoms with Gasteiger partial charge in [0.2, 0.25) is 0 Å². The summed E-state index contributed by atoms with van der Waals surface area (Å²) in [6.07, 6.45) is 1.39. The van der Waals surface area contributed by atoms with Crippen molar-refractivity contribution in [1.29, 1.82) is 0 Å². The van der Waals surface area contributed by atoms with Crippen molar-refractivity contribution in [3.8, 4) is 0 Å². The van der Waals surface area contributed by atoms with Gasteiger partial charge in [0, 0.05) is 23.6 Å². The standard InChI is InChI=1S/C19H21FN2O/c1-13-12-22(17-9-8-15(20)10-16(13)17)19(18(23)11-21-2)14-6-4-3-5-7-14/h3-10,12,18-19,21,23H,11H2,1-2H3. The molecule has 0 aliphatic heterocycles. The van der Waals surface area contributed by atoms with Crippen LogP contribution in [0.5, 0.6) is 0 Å². The second-order valence-corrected chi connectivity index (χ2v) is 5.86. The van der Waals surface area contributed by atoms with Gasteiger partial charge in [0.1, 0.15) is 5.82 Å². The summed E-state index contributed by atoms with van der Waals surface area (Å²) in [7, 11) is 1.82. The molecular formula is C19H21FN2O. The molecule has 0 saturated heterocycles. The third-order valence-electron chi connectivity index (χ3n) is 4.21. The SMILES string of the molecule is CNCC(O)C(c1ccccc1)n1cc(C)c2cc(F)ccc21. The van der Waals surface area contributed by atoms with Crippen LogP contribution >= 0.6 is 0 Å². The maximum absolute atomic E-state index is 13.6. The topological polar surface area (TPSA) is 37.2 Å². The van der Waals surface area contributed by atoms with Gasteiger partial charge in [-0.2, -0.15) is 0 Å². The summed E-state index contributed by atoms with van der Waals surface area (Å²) < 4.78 is 15.6. The first-order chi connectivity index (χ1) is 11.1. The summed E-state index contributed by atoms with van der Waals surface area (Å²) in [5.74, 6) is -0.245. The number of aliphatic hydroxyl groups is 1. The Bertz CT molecular complexity index is 798. The third kappa shape index (κ3) is 3.00. The van der Waals surface area contributed by atoms with Crippen LogP contribution in [0.15, 0.2) is 54.7 Å². The van der Waals surface area contributed by atoms with E-state index in [0.717, 1.165) is 22.0 Å². The highest BCUT2D eigenvalue weighted by Gasteiger charge is 2.24. The van der Waals surface area contributed by atoms with Gasteiger partial charge >= 0.3 is 0 Å². The maximum Gasteiger partial charge on any atom is 0.123 e. The molecule has 4 heteroatoms. The second kappa shape index (κ2) is 6.52. The Morgan fingerprint density at radius 3 is 2.61 bits per heavy atom. The molecule has 0 aliphatic rings. The van der Waals surface area contributed by atoms with Gasteiger partial charge in [-0.1, -0.05) is 30.3 Å². The lowest BCUT2D eigenvalue weighted by Gasteiger charge is -2.26.